The number of aromatic hydroxyl groups is 4. The summed E-state index contributed by atoms with van der Waals surface area (Å²) >= 11 is -2.25. The summed E-state index contributed by atoms with van der Waals surface area (Å²) in [4.78, 5) is 27.0. The van der Waals surface area contributed by atoms with Crippen LogP contribution in [0.1, 0.15) is 105 Å². The summed E-state index contributed by atoms with van der Waals surface area (Å²) in [5.74, 6) is 0.954. The number of aliphatic imine (C=N–C) groups is 4. The van der Waals surface area contributed by atoms with Gasteiger partial charge in [0.15, 0.2) is 0 Å². The van der Waals surface area contributed by atoms with Gasteiger partial charge in [-0.3, -0.25) is 20.0 Å². The van der Waals surface area contributed by atoms with Gasteiger partial charge in [0, 0.05) is 183 Å². The third kappa shape index (κ3) is 20.0. The third-order valence-corrected chi connectivity index (χ3v) is 11.6. The first-order valence-corrected chi connectivity index (χ1v) is 26.5. The quantitative estimate of drug-likeness (QED) is 0.0494. The predicted molar refractivity (Wildman–Crippen MR) is 285 cm³/mol. The normalized spacial score (nSPS) is 11.7. The minimum absolute atomic E-state index is 0.152. The van der Waals surface area contributed by atoms with Crippen LogP contribution in [-0.4, -0.2) is 124 Å². The zero-order valence-corrected chi connectivity index (χ0v) is 46.2. The fraction of sp³-hybridized carbons (Fsp3) is 0.481. The average molecular weight is 1120 g/mol. The number of phenolic OH excluding ortho intramolecular Hbond substituents is 4. The summed E-state index contributed by atoms with van der Waals surface area (Å²) in [6, 6.07) is 22.9. The van der Waals surface area contributed by atoms with Gasteiger partial charge in [-0.15, -0.1) is 0 Å². The van der Waals surface area contributed by atoms with Crippen LogP contribution in [0.3, 0.4) is 0 Å². The Balaban J connectivity index is 0.000000448. The zero-order chi connectivity index (χ0) is 51.6. The van der Waals surface area contributed by atoms with Crippen molar-refractivity contribution in [2.24, 2.45) is 30.8 Å². The van der Waals surface area contributed by atoms with E-state index in [0.29, 0.717) is 48.4 Å². The predicted octanol–water partition coefficient (Wildman–Crippen LogP) is 10.5. The van der Waals surface area contributed by atoms with Crippen molar-refractivity contribution in [2.75, 3.05) is 98.1 Å². The molecule has 0 saturated carbocycles. The molecule has 0 aliphatic rings. The van der Waals surface area contributed by atoms with E-state index in [0.717, 1.165) is 75.1 Å². The van der Waals surface area contributed by atoms with Crippen molar-refractivity contribution >= 4 is 47.6 Å². The molecule has 0 aliphatic carbocycles. The topological polar surface area (TPSA) is 177 Å². The fourth-order valence-corrected chi connectivity index (χ4v) is 7.37. The van der Waals surface area contributed by atoms with Gasteiger partial charge in [0.2, 0.25) is 0 Å². The van der Waals surface area contributed by atoms with Crippen molar-refractivity contribution in [1.29, 1.82) is 0 Å². The molecule has 0 bridgehead atoms. The van der Waals surface area contributed by atoms with Gasteiger partial charge < -0.3 is 40.0 Å². The molecule has 0 amide bonds. The summed E-state index contributed by atoms with van der Waals surface area (Å²) in [7, 11) is 0. The number of nitrogens with zero attached hydrogens (tertiary/aromatic N) is 8. The first kappa shape index (κ1) is 59.4. The SMILES string of the molecule is CCN(CC)c1ccc(C=NCC(C)(C)CN=Cc2ccc(N(CC)CC)cc2O)c(O)c1.CCN(CC)c1ccc(C=NCC(C)(C)CN=Cc2ccc(N(CC)CC)cc2O)c(O)c1.[O]=[W]=[O]. The van der Waals surface area contributed by atoms with Gasteiger partial charge in [-0.2, -0.15) is 0 Å². The Kier molecular flexibility index (Phi) is 26.4. The molecule has 378 valence electrons. The van der Waals surface area contributed by atoms with Crippen LogP contribution in [0.2, 0.25) is 0 Å². The fourth-order valence-electron chi connectivity index (χ4n) is 7.37. The second-order valence-electron chi connectivity index (χ2n) is 17.9. The van der Waals surface area contributed by atoms with Crippen LogP contribution in [0.4, 0.5) is 22.7 Å². The maximum absolute atomic E-state index is 10.4. The van der Waals surface area contributed by atoms with Crippen LogP contribution >= 0.6 is 0 Å². The van der Waals surface area contributed by atoms with E-state index in [1.807, 2.05) is 48.5 Å². The van der Waals surface area contributed by atoms with E-state index in [1.165, 1.54) is 0 Å². The van der Waals surface area contributed by atoms with Crippen LogP contribution in [0.5, 0.6) is 23.0 Å². The van der Waals surface area contributed by atoms with E-state index in [2.05, 4.69) is 123 Å². The van der Waals surface area contributed by atoms with Crippen LogP contribution in [0.25, 0.3) is 0 Å². The van der Waals surface area contributed by atoms with Gasteiger partial charge in [0.25, 0.3) is 0 Å². The second kappa shape index (κ2) is 30.7. The van der Waals surface area contributed by atoms with E-state index in [4.69, 9.17) is 6.80 Å². The Hall–Kier alpha value is -5.75. The van der Waals surface area contributed by atoms with Gasteiger partial charge in [-0.1, -0.05) is 27.7 Å². The number of rotatable bonds is 24. The molecule has 4 N–H and O–H groups in total. The summed E-state index contributed by atoms with van der Waals surface area (Å²) in [6.07, 6.45) is 6.91. The van der Waals surface area contributed by atoms with Crippen LogP contribution in [0, 0.1) is 10.8 Å². The van der Waals surface area contributed by atoms with E-state index in [9.17, 15) is 20.4 Å². The summed E-state index contributed by atoms with van der Waals surface area (Å²) in [6.45, 7) is 34.7. The van der Waals surface area contributed by atoms with Gasteiger partial charge >= 0.3 is 25.3 Å². The van der Waals surface area contributed by atoms with Gasteiger partial charge in [-0.25, -0.2) is 0 Å². The van der Waals surface area contributed by atoms with Crippen molar-refractivity contribution in [3.63, 3.8) is 0 Å². The Bertz CT molecular complexity index is 2000. The third-order valence-electron chi connectivity index (χ3n) is 11.6. The average Bonchev–Trinajstić information content (AvgIpc) is 3.31. The van der Waals surface area contributed by atoms with Crippen LogP contribution in [0.15, 0.2) is 92.8 Å². The molecule has 4 aromatic rings. The Labute approximate surface area is 421 Å². The summed E-state index contributed by atoms with van der Waals surface area (Å²) in [5.41, 5.74) is 6.59. The van der Waals surface area contributed by atoms with Crippen molar-refractivity contribution < 1.29 is 45.7 Å². The Morgan fingerprint density at radius 1 is 0.391 bits per heavy atom. The molecule has 0 unspecified atom stereocenters. The van der Waals surface area contributed by atoms with E-state index < -0.39 is 18.5 Å². The molecule has 0 aliphatic heterocycles. The van der Waals surface area contributed by atoms with E-state index in [1.54, 1.807) is 49.1 Å². The van der Waals surface area contributed by atoms with Crippen molar-refractivity contribution in [2.45, 2.75) is 83.1 Å². The number of hydrogen-bond acceptors (Lipinski definition) is 14. The molecule has 4 aromatic carbocycles. The van der Waals surface area contributed by atoms with Crippen molar-refractivity contribution in [3.05, 3.63) is 95.1 Å². The molecule has 0 atom stereocenters. The van der Waals surface area contributed by atoms with Gasteiger partial charge in [0.05, 0.1) is 0 Å². The molecule has 0 spiro atoms. The molecule has 15 heteroatoms. The Morgan fingerprint density at radius 3 is 0.710 bits per heavy atom. The molecule has 69 heavy (non-hydrogen) atoms. The molecule has 4 rings (SSSR count). The van der Waals surface area contributed by atoms with E-state index in [-0.39, 0.29) is 33.8 Å². The molecule has 14 nitrogen and oxygen atoms in total. The molecular weight excluding hydrogens is 1040 g/mol. The summed E-state index contributed by atoms with van der Waals surface area (Å²) in [5, 5.41) is 41.5. The number of benzene rings is 4. The van der Waals surface area contributed by atoms with Crippen LogP contribution < -0.4 is 19.6 Å². The molecule has 0 saturated heterocycles. The first-order valence-electron chi connectivity index (χ1n) is 24.1. The molecule has 0 aromatic heterocycles. The van der Waals surface area contributed by atoms with Crippen LogP contribution in [-0.2, 0) is 25.3 Å². The minimum atomic E-state index is -2.25. The van der Waals surface area contributed by atoms with Crippen molar-refractivity contribution in [1.82, 2.24) is 0 Å². The van der Waals surface area contributed by atoms with Crippen molar-refractivity contribution in [3.8, 4) is 23.0 Å². The molecule has 0 radical (unpaired) electrons. The second-order valence-corrected chi connectivity index (χ2v) is 18.4. The monoisotopic (exact) mass is 1120 g/mol. The summed E-state index contributed by atoms with van der Waals surface area (Å²) < 4.78 is 17.1. The number of anilines is 4. The molecule has 0 heterocycles. The zero-order valence-electron chi connectivity index (χ0n) is 43.3. The molecule has 0 fully saturated rings. The van der Waals surface area contributed by atoms with Gasteiger partial charge in [0.1, 0.15) is 23.0 Å². The number of hydrogen-bond donors (Lipinski definition) is 4. The number of phenols is 4. The first-order chi connectivity index (χ1) is 32.9. The standard InChI is InChI=1S/2C27H40N4O2.2O.W/c2*1-7-30(8-2)23-13-11-21(25(32)15-23)17-28-19-27(5,6)20-29-18-22-12-14-24(16-26(22)33)31(9-3)10-4;;;/h2*11-18,32-33H,7-10,19-20H2,1-6H3;;;. The molecular formula is C54H80N8O6W. The van der Waals surface area contributed by atoms with E-state index >= 15 is 0 Å². The van der Waals surface area contributed by atoms with Gasteiger partial charge in [-0.05, 0) is 104 Å². The maximum atomic E-state index is 10.4. The Morgan fingerprint density at radius 2 is 0.565 bits per heavy atom.